The molecule has 0 heterocycles. The van der Waals surface area contributed by atoms with Gasteiger partial charge in [0.05, 0.1) is 0 Å². The van der Waals surface area contributed by atoms with Gasteiger partial charge >= 0.3 is 0 Å². The van der Waals surface area contributed by atoms with Gasteiger partial charge < -0.3 is 15.8 Å². The zero-order valence-corrected chi connectivity index (χ0v) is 15.5. The third-order valence-corrected chi connectivity index (χ3v) is 4.13. The first-order valence-electron chi connectivity index (χ1n) is 9.68. The second-order valence-electron chi connectivity index (χ2n) is 7.07. The molecule has 0 amide bonds. The summed E-state index contributed by atoms with van der Waals surface area (Å²) in [5.74, 6) is 0.875. The molecule has 0 aromatic carbocycles. The topological polar surface area (TPSA) is 47.3 Å². The maximum absolute atomic E-state index is 5.66. The monoisotopic (exact) mass is 314 g/mol. The van der Waals surface area contributed by atoms with Gasteiger partial charge in [0.2, 0.25) is 0 Å². The molecule has 0 aliphatic rings. The summed E-state index contributed by atoms with van der Waals surface area (Å²) in [6, 6.07) is 0.422. The molecule has 22 heavy (non-hydrogen) atoms. The number of hydrogen-bond donors (Lipinski definition) is 2. The summed E-state index contributed by atoms with van der Waals surface area (Å²) in [6.45, 7) is 10.3. The van der Waals surface area contributed by atoms with Crippen LogP contribution in [0, 0.1) is 5.92 Å². The summed E-state index contributed by atoms with van der Waals surface area (Å²) in [5, 5.41) is 3.37. The summed E-state index contributed by atoms with van der Waals surface area (Å²) < 4.78 is 5.66. The predicted octanol–water partition coefficient (Wildman–Crippen LogP) is 4.50. The highest BCUT2D eigenvalue weighted by molar-refractivity contribution is 4.59. The minimum Gasteiger partial charge on any atom is -0.381 e. The molecule has 1 unspecified atom stereocenters. The summed E-state index contributed by atoms with van der Waals surface area (Å²) in [4.78, 5) is 0. The molecule has 3 heteroatoms. The summed E-state index contributed by atoms with van der Waals surface area (Å²) >= 11 is 0. The minimum atomic E-state index is 0.422. The molecule has 3 nitrogen and oxygen atoms in total. The first-order chi connectivity index (χ1) is 10.7. The number of hydrogen-bond acceptors (Lipinski definition) is 3. The Morgan fingerprint density at radius 3 is 1.91 bits per heavy atom. The van der Waals surface area contributed by atoms with E-state index in [1.54, 1.807) is 0 Å². The van der Waals surface area contributed by atoms with Crippen LogP contribution in [0.1, 0.15) is 85.0 Å². The highest BCUT2D eigenvalue weighted by Crippen LogP contribution is 2.12. The lowest BCUT2D eigenvalue weighted by atomic mass is 10.0. The zero-order valence-electron chi connectivity index (χ0n) is 15.5. The van der Waals surface area contributed by atoms with Crippen molar-refractivity contribution in [2.45, 2.75) is 91.0 Å². The number of ether oxygens (including phenoxy) is 1. The second-order valence-corrected chi connectivity index (χ2v) is 7.07. The minimum absolute atomic E-state index is 0.422. The average molecular weight is 315 g/mol. The van der Waals surface area contributed by atoms with Crippen molar-refractivity contribution in [3.8, 4) is 0 Å². The molecule has 0 aromatic heterocycles. The van der Waals surface area contributed by atoms with Crippen molar-refractivity contribution < 1.29 is 4.74 Å². The molecule has 0 saturated heterocycles. The smallest absolute Gasteiger partial charge is 0.0478 e. The van der Waals surface area contributed by atoms with Crippen LogP contribution in [0.25, 0.3) is 0 Å². The van der Waals surface area contributed by atoms with E-state index in [1.807, 2.05) is 0 Å². The zero-order chi connectivity index (χ0) is 16.5. The van der Waals surface area contributed by atoms with Crippen LogP contribution in [0.4, 0.5) is 0 Å². The van der Waals surface area contributed by atoms with E-state index in [1.165, 1.54) is 57.8 Å². The molecular weight excluding hydrogens is 272 g/mol. The molecule has 0 bridgehead atoms. The Hall–Kier alpha value is -0.120. The van der Waals surface area contributed by atoms with Crippen molar-refractivity contribution in [3.05, 3.63) is 0 Å². The Labute approximate surface area is 139 Å². The van der Waals surface area contributed by atoms with Crippen LogP contribution in [-0.2, 0) is 4.74 Å². The van der Waals surface area contributed by atoms with E-state index in [9.17, 15) is 0 Å². The van der Waals surface area contributed by atoms with Gasteiger partial charge in [-0.3, -0.25) is 0 Å². The van der Waals surface area contributed by atoms with Crippen molar-refractivity contribution in [3.63, 3.8) is 0 Å². The SMILES string of the molecule is CC(C)CCCCCCCCCCOCCCNC(C)CN. The Morgan fingerprint density at radius 2 is 1.32 bits per heavy atom. The first-order valence-corrected chi connectivity index (χ1v) is 9.68. The first kappa shape index (κ1) is 21.9. The summed E-state index contributed by atoms with van der Waals surface area (Å²) in [6.07, 6.45) is 13.5. The van der Waals surface area contributed by atoms with Crippen LogP contribution in [0.2, 0.25) is 0 Å². The standard InChI is InChI=1S/C19H42N2O/c1-18(2)13-10-8-6-4-5-7-9-11-15-22-16-12-14-21-19(3)17-20/h18-19,21H,4-17,20H2,1-3H3. The molecular formula is C19H42N2O. The fourth-order valence-electron chi connectivity index (χ4n) is 2.53. The van der Waals surface area contributed by atoms with E-state index in [-0.39, 0.29) is 0 Å². The third-order valence-electron chi connectivity index (χ3n) is 4.13. The largest absolute Gasteiger partial charge is 0.381 e. The van der Waals surface area contributed by atoms with E-state index in [4.69, 9.17) is 10.5 Å². The molecule has 0 rings (SSSR count). The van der Waals surface area contributed by atoms with E-state index in [0.29, 0.717) is 12.6 Å². The Balaban J connectivity index is 3.00. The van der Waals surface area contributed by atoms with E-state index in [2.05, 4.69) is 26.1 Å². The van der Waals surface area contributed by atoms with Crippen LogP contribution in [0.3, 0.4) is 0 Å². The quantitative estimate of drug-likeness (QED) is 0.389. The van der Waals surface area contributed by atoms with Crippen molar-refractivity contribution in [2.24, 2.45) is 11.7 Å². The molecule has 0 aliphatic heterocycles. The van der Waals surface area contributed by atoms with Crippen LogP contribution < -0.4 is 11.1 Å². The summed E-state index contributed by atoms with van der Waals surface area (Å²) in [7, 11) is 0. The third kappa shape index (κ3) is 17.9. The fraction of sp³-hybridized carbons (Fsp3) is 1.00. The highest BCUT2D eigenvalue weighted by Gasteiger charge is 1.97. The van der Waals surface area contributed by atoms with Gasteiger partial charge in [-0.15, -0.1) is 0 Å². The number of unbranched alkanes of at least 4 members (excludes halogenated alkanes) is 7. The lowest BCUT2D eigenvalue weighted by molar-refractivity contribution is 0.127. The Bertz CT molecular complexity index is 210. The molecule has 0 radical (unpaired) electrons. The van der Waals surface area contributed by atoms with Crippen molar-refractivity contribution >= 4 is 0 Å². The number of nitrogens with one attached hydrogen (secondary N) is 1. The van der Waals surface area contributed by atoms with E-state index in [0.717, 1.165) is 32.1 Å². The summed E-state index contributed by atoms with van der Waals surface area (Å²) in [5.41, 5.74) is 5.54. The van der Waals surface area contributed by atoms with Gasteiger partial charge in [-0.25, -0.2) is 0 Å². The van der Waals surface area contributed by atoms with Gasteiger partial charge in [-0.1, -0.05) is 65.2 Å². The molecule has 0 aromatic rings. The molecule has 0 saturated carbocycles. The molecule has 0 fully saturated rings. The molecule has 1 atom stereocenters. The van der Waals surface area contributed by atoms with Gasteiger partial charge in [0.15, 0.2) is 0 Å². The highest BCUT2D eigenvalue weighted by atomic mass is 16.5. The van der Waals surface area contributed by atoms with E-state index >= 15 is 0 Å². The van der Waals surface area contributed by atoms with Crippen molar-refractivity contribution in [1.82, 2.24) is 5.32 Å². The molecule has 0 aliphatic carbocycles. The van der Waals surface area contributed by atoms with Crippen LogP contribution in [-0.4, -0.2) is 32.3 Å². The Kier molecular flexibility index (Phi) is 17.1. The van der Waals surface area contributed by atoms with Gasteiger partial charge in [0, 0.05) is 25.8 Å². The second kappa shape index (κ2) is 17.2. The molecule has 134 valence electrons. The van der Waals surface area contributed by atoms with Crippen molar-refractivity contribution in [2.75, 3.05) is 26.3 Å². The maximum atomic E-state index is 5.66. The number of rotatable bonds is 17. The van der Waals surface area contributed by atoms with Crippen molar-refractivity contribution in [1.29, 1.82) is 0 Å². The maximum Gasteiger partial charge on any atom is 0.0478 e. The average Bonchev–Trinajstić information content (AvgIpc) is 2.50. The Morgan fingerprint density at radius 1 is 0.773 bits per heavy atom. The van der Waals surface area contributed by atoms with E-state index < -0.39 is 0 Å². The molecule has 0 spiro atoms. The van der Waals surface area contributed by atoms with Crippen LogP contribution in [0.15, 0.2) is 0 Å². The lowest BCUT2D eigenvalue weighted by Gasteiger charge is -2.10. The number of nitrogens with two attached hydrogens (primary N) is 1. The normalized spacial score (nSPS) is 13.0. The van der Waals surface area contributed by atoms with Crippen LogP contribution in [0.5, 0.6) is 0 Å². The molecule has 3 N–H and O–H groups in total. The van der Waals surface area contributed by atoms with Gasteiger partial charge in [0.1, 0.15) is 0 Å². The van der Waals surface area contributed by atoms with Gasteiger partial charge in [-0.2, -0.15) is 0 Å². The van der Waals surface area contributed by atoms with Crippen LogP contribution >= 0.6 is 0 Å². The van der Waals surface area contributed by atoms with Gasteiger partial charge in [0.25, 0.3) is 0 Å². The lowest BCUT2D eigenvalue weighted by Crippen LogP contribution is -2.34. The van der Waals surface area contributed by atoms with Gasteiger partial charge in [-0.05, 0) is 32.2 Å². The fourth-order valence-corrected chi connectivity index (χ4v) is 2.53. The predicted molar refractivity (Wildman–Crippen MR) is 98.3 cm³/mol.